The number of hydrogen-bond acceptors (Lipinski definition) is 4. The summed E-state index contributed by atoms with van der Waals surface area (Å²) in [5, 5.41) is 0. The fourth-order valence-electron chi connectivity index (χ4n) is 1.62. The Morgan fingerprint density at radius 1 is 1.35 bits per heavy atom. The Morgan fingerprint density at radius 3 is 2.94 bits per heavy atom. The lowest BCUT2D eigenvalue weighted by atomic mass is 10.1. The van der Waals surface area contributed by atoms with Crippen LogP contribution in [0.2, 0.25) is 0 Å². The first kappa shape index (κ1) is 11.5. The Balaban J connectivity index is 2.53. The number of aromatic nitrogens is 2. The third kappa shape index (κ3) is 2.39. The number of benzene rings is 1. The molecular formula is C12H15N5. The molecule has 0 saturated heterocycles. The summed E-state index contributed by atoms with van der Waals surface area (Å²) in [4.78, 5) is 13.0. The Hall–Kier alpha value is -2.01. The number of nitrogens with one attached hydrogen (secondary N) is 1. The van der Waals surface area contributed by atoms with Crippen LogP contribution >= 0.6 is 0 Å². The van der Waals surface area contributed by atoms with Crippen molar-refractivity contribution in [3.63, 3.8) is 0 Å². The normalized spacial score (nSPS) is 11.8. The van der Waals surface area contributed by atoms with Crippen molar-refractivity contribution in [2.24, 2.45) is 10.8 Å². The summed E-state index contributed by atoms with van der Waals surface area (Å²) in [5.41, 5.74) is 5.15. The van der Waals surface area contributed by atoms with Gasteiger partial charge in [-0.05, 0) is 18.6 Å². The molecule has 0 aliphatic rings. The van der Waals surface area contributed by atoms with Crippen molar-refractivity contribution in [1.82, 2.24) is 15.4 Å². The Labute approximate surface area is 99.8 Å². The molecule has 0 saturated carbocycles. The van der Waals surface area contributed by atoms with Crippen molar-refractivity contribution >= 4 is 16.9 Å². The van der Waals surface area contributed by atoms with Crippen LogP contribution in [0.1, 0.15) is 18.9 Å². The number of aliphatic imine (C=N–C) groups is 1. The van der Waals surface area contributed by atoms with E-state index in [0.29, 0.717) is 5.84 Å². The Morgan fingerprint density at radius 2 is 2.18 bits per heavy atom. The number of amidine groups is 1. The third-order valence-electron chi connectivity index (χ3n) is 2.38. The second-order valence-corrected chi connectivity index (χ2v) is 3.60. The van der Waals surface area contributed by atoms with E-state index in [1.807, 2.05) is 18.2 Å². The number of hydrogen-bond donors (Lipinski definition) is 2. The highest BCUT2D eigenvalue weighted by Gasteiger charge is 2.07. The molecule has 5 nitrogen and oxygen atoms in total. The van der Waals surface area contributed by atoms with E-state index in [2.05, 4.69) is 27.3 Å². The van der Waals surface area contributed by atoms with Crippen LogP contribution in [-0.2, 0) is 0 Å². The number of nitrogens with zero attached hydrogens (tertiary/aromatic N) is 3. The zero-order valence-corrected chi connectivity index (χ0v) is 9.72. The summed E-state index contributed by atoms with van der Waals surface area (Å²) in [6.07, 6.45) is 4.31. The van der Waals surface area contributed by atoms with E-state index < -0.39 is 0 Å². The van der Waals surface area contributed by atoms with Crippen molar-refractivity contribution in [1.29, 1.82) is 0 Å². The van der Waals surface area contributed by atoms with Crippen LogP contribution in [0.15, 0.2) is 35.6 Å². The maximum Gasteiger partial charge on any atom is 0.144 e. The van der Waals surface area contributed by atoms with E-state index in [0.717, 1.165) is 29.6 Å². The molecule has 5 heteroatoms. The van der Waals surface area contributed by atoms with Crippen molar-refractivity contribution in [3.8, 4) is 0 Å². The van der Waals surface area contributed by atoms with Gasteiger partial charge in [-0.1, -0.05) is 13.0 Å². The highest BCUT2D eigenvalue weighted by molar-refractivity contribution is 6.07. The summed E-state index contributed by atoms with van der Waals surface area (Å²) in [6.45, 7) is 2.80. The largest absolute Gasteiger partial charge is 0.308 e. The first-order chi connectivity index (χ1) is 8.36. The van der Waals surface area contributed by atoms with Gasteiger partial charge in [-0.15, -0.1) is 0 Å². The van der Waals surface area contributed by atoms with Crippen LogP contribution in [0, 0.1) is 0 Å². The van der Waals surface area contributed by atoms with Crippen molar-refractivity contribution in [3.05, 3.63) is 36.2 Å². The van der Waals surface area contributed by atoms with Gasteiger partial charge in [0.25, 0.3) is 0 Å². The molecule has 1 aromatic carbocycles. The van der Waals surface area contributed by atoms with E-state index in [1.54, 1.807) is 12.4 Å². The molecule has 2 rings (SSSR count). The number of para-hydroxylation sites is 1. The number of rotatable bonds is 3. The molecule has 0 amide bonds. The van der Waals surface area contributed by atoms with Gasteiger partial charge in [0.15, 0.2) is 0 Å². The van der Waals surface area contributed by atoms with Crippen LogP contribution in [0.4, 0.5) is 0 Å². The molecule has 0 bridgehead atoms. The Kier molecular flexibility index (Phi) is 3.62. The highest BCUT2D eigenvalue weighted by Crippen LogP contribution is 2.13. The molecular weight excluding hydrogens is 214 g/mol. The monoisotopic (exact) mass is 229 g/mol. The Bertz CT molecular complexity index is 530. The average molecular weight is 229 g/mol. The van der Waals surface area contributed by atoms with Gasteiger partial charge in [-0.2, -0.15) is 0 Å². The van der Waals surface area contributed by atoms with Gasteiger partial charge in [-0.25, -0.2) is 5.84 Å². The van der Waals surface area contributed by atoms with Gasteiger partial charge in [-0.3, -0.25) is 15.0 Å². The zero-order chi connectivity index (χ0) is 12.1. The van der Waals surface area contributed by atoms with Gasteiger partial charge in [0.05, 0.1) is 11.0 Å². The fraction of sp³-hybridized carbons (Fsp3) is 0.250. The standard InChI is InChI=1S/C12H15N5/c1-2-6-16-12(17-13)9-4-3-5-10-11(9)15-8-7-14-10/h3-5,7-8H,2,6,13H2,1H3,(H,16,17). The molecule has 88 valence electrons. The van der Waals surface area contributed by atoms with Gasteiger partial charge in [0, 0.05) is 24.5 Å². The molecule has 0 spiro atoms. The third-order valence-corrected chi connectivity index (χ3v) is 2.38. The minimum atomic E-state index is 0.651. The second kappa shape index (κ2) is 5.36. The van der Waals surface area contributed by atoms with E-state index in [-0.39, 0.29) is 0 Å². The first-order valence-corrected chi connectivity index (χ1v) is 5.58. The maximum absolute atomic E-state index is 5.51. The fourth-order valence-corrected chi connectivity index (χ4v) is 1.62. The van der Waals surface area contributed by atoms with E-state index in [1.165, 1.54) is 0 Å². The van der Waals surface area contributed by atoms with E-state index in [4.69, 9.17) is 5.84 Å². The van der Waals surface area contributed by atoms with Gasteiger partial charge in [0.2, 0.25) is 0 Å². The number of hydrazine groups is 1. The molecule has 0 unspecified atom stereocenters. The second-order valence-electron chi connectivity index (χ2n) is 3.60. The minimum Gasteiger partial charge on any atom is -0.308 e. The number of nitrogens with two attached hydrogens (primary N) is 1. The van der Waals surface area contributed by atoms with Gasteiger partial charge < -0.3 is 5.43 Å². The number of fused-ring (bicyclic) bond motifs is 1. The average Bonchev–Trinajstić information content (AvgIpc) is 2.40. The van der Waals surface area contributed by atoms with Crippen LogP contribution in [0.3, 0.4) is 0 Å². The van der Waals surface area contributed by atoms with Crippen molar-refractivity contribution in [2.45, 2.75) is 13.3 Å². The summed E-state index contributed by atoms with van der Waals surface area (Å²) >= 11 is 0. The minimum absolute atomic E-state index is 0.651. The van der Waals surface area contributed by atoms with Crippen LogP contribution < -0.4 is 11.3 Å². The molecule has 17 heavy (non-hydrogen) atoms. The predicted molar refractivity (Wildman–Crippen MR) is 68.6 cm³/mol. The van der Waals surface area contributed by atoms with E-state index >= 15 is 0 Å². The summed E-state index contributed by atoms with van der Waals surface area (Å²) < 4.78 is 0. The molecule has 1 aromatic heterocycles. The van der Waals surface area contributed by atoms with Gasteiger partial charge >= 0.3 is 0 Å². The zero-order valence-electron chi connectivity index (χ0n) is 9.72. The van der Waals surface area contributed by atoms with Crippen molar-refractivity contribution < 1.29 is 0 Å². The lowest BCUT2D eigenvalue weighted by Gasteiger charge is -2.07. The highest BCUT2D eigenvalue weighted by atomic mass is 15.2. The smallest absolute Gasteiger partial charge is 0.144 e. The quantitative estimate of drug-likeness (QED) is 0.359. The lowest BCUT2D eigenvalue weighted by Crippen LogP contribution is -2.31. The molecule has 1 heterocycles. The summed E-state index contributed by atoms with van der Waals surface area (Å²) in [6, 6.07) is 5.77. The molecule has 0 atom stereocenters. The molecule has 3 N–H and O–H groups in total. The van der Waals surface area contributed by atoms with Crippen LogP contribution in [0.25, 0.3) is 11.0 Å². The predicted octanol–water partition coefficient (Wildman–Crippen LogP) is 1.25. The molecule has 0 radical (unpaired) electrons. The van der Waals surface area contributed by atoms with E-state index in [9.17, 15) is 0 Å². The molecule has 0 fully saturated rings. The van der Waals surface area contributed by atoms with Gasteiger partial charge in [0.1, 0.15) is 5.84 Å². The van der Waals surface area contributed by atoms with Crippen molar-refractivity contribution in [2.75, 3.05) is 6.54 Å². The molecule has 0 aliphatic carbocycles. The van der Waals surface area contributed by atoms with Crippen LogP contribution in [-0.4, -0.2) is 22.3 Å². The maximum atomic E-state index is 5.51. The first-order valence-electron chi connectivity index (χ1n) is 5.58. The topological polar surface area (TPSA) is 76.2 Å². The molecule has 0 aliphatic heterocycles. The summed E-state index contributed by atoms with van der Waals surface area (Å²) in [5.74, 6) is 6.16. The SMILES string of the molecule is CCCN=C(NN)c1cccc2nccnc12. The summed E-state index contributed by atoms with van der Waals surface area (Å²) in [7, 11) is 0. The van der Waals surface area contributed by atoms with Crippen LogP contribution in [0.5, 0.6) is 0 Å². The lowest BCUT2D eigenvalue weighted by molar-refractivity contribution is 0.908. The molecule has 2 aromatic rings.